The molecule has 1 nitrogen and oxygen atoms in total. The molecule has 1 aromatic carbocycles. The second-order valence-corrected chi connectivity index (χ2v) is 6.98. The third-order valence-corrected chi connectivity index (χ3v) is 5.97. The van der Waals surface area contributed by atoms with E-state index in [0.717, 1.165) is 16.6 Å². The third-order valence-electron chi connectivity index (χ3n) is 2.64. The van der Waals surface area contributed by atoms with Gasteiger partial charge in [-0.2, -0.15) is 0 Å². The SMILES string of the molecule is CC#CCSc1cnc2ccccc2c1[Se]CC#CC. The van der Waals surface area contributed by atoms with Crippen LogP contribution in [0.2, 0.25) is 5.32 Å². The minimum atomic E-state index is 0.355. The van der Waals surface area contributed by atoms with Gasteiger partial charge in [-0.1, -0.05) is 0 Å². The summed E-state index contributed by atoms with van der Waals surface area (Å²) >= 11 is 2.13. The Bertz CT molecular complexity index is 716. The van der Waals surface area contributed by atoms with Crippen molar-refractivity contribution in [3.63, 3.8) is 0 Å². The van der Waals surface area contributed by atoms with Crippen molar-refractivity contribution in [3.8, 4) is 23.7 Å². The molecule has 100 valence electrons. The standard InChI is InChI=1S/C17H15NSSe/c1-3-5-11-19-16-13-18-15-10-8-7-9-14(15)17(16)20-12-6-4-2/h7-10,13H,11-12H2,1-2H3. The molecule has 0 atom stereocenters. The molecule has 0 aliphatic heterocycles. The summed E-state index contributed by atoms with van der Waals surface area (Å²) in [5.74, 6) is 13.0. The molecule has 0 aliphatic carbocycles. The Morgan fingerprint density at radius 2 is 1.95 bits per heavy atom. The van der Waals surface area contributed by atoms with Gasteiger partial charge in [0.1, 0.15) is 0 Å². The number of fused-ring (bicyclic) bond motifs is 1. The topological polar surface area (TPSA) is 12.9 Å². The average Bonchev–Trinajstić information content (AvgIpc) is 2.49. The first-order valence-electron chi connectivity index (χ1n) is 6.29. The second kappa shape index (κ2) is 8.03. The van der Waals surface area contributed by atoms with E-state index >= 15 is 0 Å². The van der Waals surface area contributed by atoms with Crippen molar-refractivity contribution in [3.05, 3.63) is 30.5 Å². The van der Waals surface area contributed by atoms with Crippen LogP contribution in [-0.4, -0.2) is 25.7 Å². The molecule has 0 saturated heterocycles. The second-order valence-electron chi connectivity index (χ2n) is 3.90. The van der Waals surface area contributed by atoms with Crippen LogP contribution >= 0.6 is 11.8 Å². The molecule has 2 rings (SSSR count). The summed E-state index contributed by atoms with van der Waals surface area (Å²) in [7, 11) is 0. The summed E-state index contributed by atoms with van der Waals surface area (Å²) < 4.78 is 1.41. The van der Waals surface area contributed by atoms with Gasteiger partial charge in [0.05, 0.1) is 0 Å². The summed E-state index contributed by atoms with van der Waals surface area (Å²) in [4.78, 5) is 5.81. The minimum absolute atomic E-state index is 0.355. The first kappa shape index (κ1) is 15.0. The van der Waals surface area contributed by atoms with E-state index in [4.69, 9.17) is 0 Å². The molecular weight excluding hydrogens is 329 g/mol. The van der Waals surface area contributed by atoms with Crippen LogP contribution in [-0.2, 0) is 0 Å². The van der Waals surface area contributed by atoms with Crippen molar-refractivity contribution in [1.82, 2.24) is 4.98 Å². The number of rotatable bonds is 4. The van der Waals surface area contributed by atoms with Crippen LogP contribution in [0.5, 0.6) is 0 Å². The quantitative estimate of drug-likeness (QED) is 0.480. The zero-order valence-electron chi connectivity index (χ0n) is 11.6. The molecule has 0 amide bonds. The Morgan fingerprint density at radius 3 is 2.75 bits per heavy atom. The number of nitrogens with zero attached hydrogens (tertiary/aromatic N) is 1. The molecule has 0 fully saturated rings. The van der Waals surface area contributed by atoms with Crippen molar-refractivity contribution in [2.45, 2.75) is 24.1 Å². The Labute approximate surface area is 131 Å². The van der Waals surface area contributed by atoms with Crippen LogP contribution < -0.4 is 4.46 Å². The first-order valence-corrected chi connectivity index (χ1v) is 9.34. The van der Waals surface area contributed by atoms with Gasteiger partial charge in [0, 0.05) is 0 Å². The van der Waals surface area contributed by atoms with E-state index in [9.17, 15) is 0 Å². The van der Waals surface area contributed by atoms with Gasteiger partial charge in [-0.15, -0.1) is 0 Å². The molecule has 0 spiro atoms. The molecule has 20 heavy (non-hydrogen) atoms. The Kier molecular flexibility index (Phi) is 6.03. The van der Waals surface area contributed by atoms with Crippen molar-refractivity contribution < 1.29 is 0 Å². The molecule has 0 radical (unpaired) electrons. The van der Waals surface area contributed by atoms with Crippen LogP contribution in [0.4, 0.5) is 0 Å². The van der Waals surface area contributed by atoms with E-state index in [1.807, 2.05) is 26.1 Å². The Balaban J connectivity index is 2.39. The van der Waals surface area contributed by atoms with E-state index in [1.165, 1.54) is 14.7 Å². The molecule has 3 heteroatoms. The van der Waals surface area contributed by atoms with Crippen LogP contribution in [0.15, 0.2) is 35.4 Å². The van der Waals surface area contributed by atoms with Crippen LogP contribution in [0.25, 0.3) is 10.9 Å². The van der Waals surface area contributed by atoms with E-state index in [-0.39, 0.29) is 0 Å². The maximum absolute atomic E-state index is 4.55. The fourth-order valence-electron chi connectivity index (χ4n) is 1.72. The molecule has 0 aliphatic rings. The predicted molar refractivity (Wildman–Crippen MR) is 89.6 cm³/mol. The Morgan fingerprint density at radius 1 is 1.15 bits per heavy atom. The normalized spacial score (nSPS) is 9.50. The molecule has 0 bridgehead atoms. The van der Waals surface area contributed by atoms with Gasteiger partial charge in [0.25, 0.3) is 0 Å². The van der Waals surface area contributed by atoms with Gasteiger partial charge in [-0.25, -0.2) is 0 Å². The van der Waals surface area contributed by atoms with Gasteiger partial charge in [-0.05, 0) is 0 Å². The summed E-state index contributed by atoms with van der Waals surface area (Å²) in [5.41, 5.74) is 1.07. The van der Waals surface area contributed by atoms with E-state index in [1.54, 1.807) is 11.8 Å². The number of aromatic nitrogens is 1. The third kappa shape index (κ3) is 3.81. The molecule has 1 heterocycles. The number of para-hydroxylation sites is 1. The molecule has 1 aromatic heterocycles. The van der Waals surface area contributed by atoms with Gasteiger partial charge in [0.15, 0.2) is 0 Å². The zero-order valence-corrected chi connectivity index (χ0v) is 14.1. The molecular formula is C17H15NSSe. The number of pyridine rings is 1. The average molecular weight is 344 g/mol. The van der Waals surface area contributed by atoms with Crippen LogP contribution in [0.3, 0.4) is 0 Å². The van der Waals surface area contributed by atoms with Gasteiger partial charge >= 0.3 is 131 Å². The van der Waals surface area contributed by atoms with Crippen LogP contribution in [0.1, 0.15) is 13.8 Å². The van der Waals surface area contributed by atoms with Gasteiger partial charge in [-0.3, -0.25) is 0 Å². The van der Waals surface area contributed by atoms with Crippen molar-refractivity contribution >= 4 is 42.1 Å². The number of hydrogen-bond donors (Lipinski definition) is 0. The van der Waals surface area contributed by atoms with Gasteiger partial charge in [0.2, 0.25) is 0 Å². The molecule has 2 aromatic rings. The van der Waals surface area contributed by atoms with Crippen molar-refractivity contribution in [1.29, 1.82) is 0 Å². The maximum atomic E-state index is 4.55. The van der Waals surface area contributed by atoms with E-state index in [0.29, 0.717) is 15.0 Å². The first-order chi connectivity index (χ1) is 9.86. The predicted octanol–water partition coefficient (Wildman–Crippen LogP) is 3.12. The monoisotopic (exact) mass is 345 g/mol. The van der Waals surface area contributed by atoms with Crippen molar-refractivity contribution in [2.75, 3.05) is 5.75 Å². The summed E-state index contributed by atoms with van der Waals surface area (Å²) in [5, 5.41) is 2.21. The zero-order chi connectivity index (χ0) is 14.2. The summed E-state index contributed by atoms with van der Waals surface area (Å²) in [6, 6.07) is 8.35. The molecule has 0 saturated carbocycles. The van der Waals surface area contributed by atoms with E-state index < -0.39 is 0 Å². The van der Waals surface area contributed by atoms with Crippen molar-refractivity contribution in [2.24, 2.45) is 0 Å². The Hall–Kier alpha value is -1.38. The van der Waals surface area contributed by atoms with Gasteiger partial charge < -0.3 is 0 Å². The fourth-order valence-corrected chi connectivity index (χ4v) is 4.99. The number of hydrogen-bond acceptors (Lipinski definition) is 2. The number of thioether (sulfide) groups is 1. The summed E-state index contributed by atoms with van der Waals surface area (Å²) in [6.45, 7) is 3.77. The van der Waals surface area contributed by atoms with Crippen LogP contribution in [0, 0.1) is 23.7 Å². The fraction of sp³-hybridized carbons (Fsp3) is 0.235. The summed E-state index contributed by atoms with van der Waals surface area (Å²) in [6.07, 6.45) is 1.99. The molecule has 0 unspecified atom stereocenters. The van der Waals surface area contributed by atoms with E-state index in [2.05, 4.69) is 46.9 Å². The molecule has 0 N–H and O–H groups in total. The number of benzene rings is 1.